The van der Waals surface area contributed by atoms with Crippen molar-refractivity contribution in [1.82, 2.24) is 9.99 Å². The molecule has 0 saturated heterocycles. The van der Waals surface area contributed by atoms with E-state index in [4.69, 9.17) is 26.2 Å². The van der Waals surface area contributed by atoms with Crippen LogP contribution in [0, 0.1) is 0 Å². The van der Waals surface area contributed by atoms with Crippen LogP contribution in [0.4, 0.5) is 0 Å². The fraction of sp³-hybridized carbons (Fsp3) is 0.167. The van der Waals surface area contributed by atoms with Crippen LogP contribution in [0.15, 0.2) is 72.1 Å². The number of aromatic nitrogens is 1. The summed E-state index contributed by atoms with van der Waals surface area (Å²) < 4.78 is 10.6. The minimum Gasteiger partial charge on any atom is -0.493 e. The number of carboxylic acid groups (broad SMARTS) is 1. The monoisotopic (exact) mass is 465 g/mol. The first kappa shape index (κ1) is 22.3. The minimum absolute atomic E-state index is 0.249. The van der Waals surface area contributed by atoms with Crippen LogP contribution in [0.5, 0.6) is 11.5 Å². The predicted octanol–water partition coefficient (Wildman–Crippen LogP) is 4.20. The second kappa shape index (κ2) is 9.70. The first-order valence-electron chi connectivity index (χ1n) is 10.1. The number of benzene rings is 2. The molecule has 1 unspecified atom stereocenters. The maximum absolute atomic E-state index is 13.3. The lowest BCUT2D eigenvalue weighted by molar-refractivity contribution is -0.139. The van der Waals surface area contributed by atoms with Gasteiger partial charge in [-0.1, -0.05) is 23.7 Å². The fourth-order valence-corrected chi connectivity index (χ4v) is 3.68. The number of halogens is 1. The van der Waals surface area contributed by atoms with Gasteiger partial charge in [0.1, 0.15) is 0 Å². The summed E-state index contributed by atoms with van der Waals surface area (Å²) in [6.07, 6.45) is 3.59. The van der Waals surface area contributed by atoms with E-state index in [1.54, 1.807) is 54.9 Å². The quantitative estimate of drug-likeness (QED) is 0.561. The Balaban J connectivity index is 1.68. The van der Waals surface area contributed by atoms with Gasteiger partial charge in [-0.05, 0) is 48.0 Å². The lowest BCUT2D eigenvalue weighted by Crippen LogP contribution is -2.27. The van der Waals surface area contributed by atoms with E-state index in [0.717, 1.165) is 11.1 Å². The first-order valence-corrected chi connectivity index (χ1v) is 10.4. The van der Waals surface area contributed by atoms with E-state index in [9.17, 15) is 9.59 Å². The van der Waals surface area contributed by atoms with Gasteiger partial charge in [0.15, 0.2) is 18.1 Å². The second-order valence-electron chi connectivity index (χ2n) is 7.25. The molecule has 2 aromatic carbocycles. The third-order valence-electron chi connectivity index (χ3n) is 5.15. The number of pyridine rings is 1. The Labute approximate surface area is 195 Å². The largest absolute Gasteiger partial charge is 0.493 e. The van der Waals surface area contributed by atoms with Crippen LogP contribution in [0.1, 0.15) is 33.9 Å². The van der Waals surface area contributed by atoms with E-state index in [0.29, 0.717) is 34.2 Å². The summed E-state index contributed by atoms with van der Waals surface area (Å²) in [7, 11) is 1.47. The standard InChI is InChI=1S/C24H20ClN3O5/c1-32-22-12-17(4-7-21(22)33-14-23(29)30)19-13-20(15-2-5-18(25)6-3-15)28(27-19)24(31)16-8-10-26-11-9-16/h2-12,20H,13-14H2,1H3,(H,29,30). The van der Waals surface area contributed by atoms with E-state index in [-0.39, 0.29) is 11.9 Å². The normalized spacial score (nSPS) is 15.2. The number of aliphatic carboxylic acids is 1. The molecule has 3 aromatic rings. The van der Waals surface area contributed by atoms with Crippen molar-refractivity contribution in [2.75, 3.05) is 13.7 Å². The molecule has 0 saturated carbocycles. The average molecular weight is 466 g/mol. The Morgan fingerprint density at radius 3 is 2.48 bits per heavy atom. The third-order valence-corrected chi connectivity index (χ3v) is 5.40. The lowest BCUT2D eigenvalue weighted by Gasteiger charge is -2.22. The lowest BCUT2D eigenvalue weighted by atomic mass is 9.98. The number of nitrogens with zero attached hydrogens (tertiary/aromatic N) is 3. The van der Waals surface area contributed by atoms with Crippen molar-refractivity contribution >= 4 is 29.2 Å². The molecule has 0 aliphatic carbocycles. The van der Waals surface area contributed by atoms with E-state index >= 15 is 0 Å². The number of carboxylic acids is 1. The molecule has 9 heteroatoms. The van der Waals surface area contributed by atoms with Crippen molar-refractivity contribution in [2.45, 2.75) is 12.5 Å². The van der Waals surface area contributed by atoms with Gasteiger partial charge in [-0.3, -0.25) is 9.78 Å². The van der Waals surface area contributed by atoms with Crippen molar-refractivity contribution in [2.24, 2.45) is 5.10 Å². The molecular formula is C24H20ClN3O5. The minimum atomic E-state index is -1.09. The highest BCUT2D eigenvalue weighted by Crippen LogP contribution is 2.36. The van der Waals surface area contributed by atoms with Gasteiger partial charge in [-0.15, -0.1) is 0 Å². The van der Waals surface area contributed by atoms with Gasteiger partial charge >= 0.3 is 5.97 Å². The van der Waals surface area contributed by atoms with Crippen LogP contribution in [0.25, 0.3) is 0 Å². The van der Waals surface area contributed by atoms with Crippen LogP contribution in [0.2, 0.25) is 5.02 Å². The highest BCUT2D eigenvalue weighted by molar-refractivity contribution is 6.30. The van der Waals surface area contributed by atoms with Crippen LogP contribution < -0.4 is 9.47 Å². The van der Waals surface area contributed by atoms with Crippen LogP contribution in [-0.2, 0) is 4.79 Å². The SMILES string of the molecule is COc1cc(C2=NN(C(=O)c3ccncc3)C(c3ccc(Cl)cc3)C2)ccc1OCC(=O)O. The fourth-order valence-electron chi connectivity index (χ4n) is 3.55. The molecule has 0 radical (unpaired) electrons. The molecule has 0 bridgehead atoms. The number of methoxy groups -OCH3 is 1. The highest BCUT2D eigenvalue weighted by atomic mass is 35.5. The summed E-state index contributed by atoms with van der Waals surface area (Å²) in [4.78, 5) is 28.1. The van der Waals surface area contributed by atoms with Crippen molar-refractivity contribution in [1.29, 1.82) is 0 Å². The Morgan fingerprint density at radius 1 is 1.09 bits per heavy atom. The summed E-state index contributed by atoms with van der Waals surface area (Å²) in [5.74, 6) is -0.655. The molecule has 1 aliphatic rings. The molecule has 1 atom stereocenters. The number of ether oxygens (including phenoxy) is 2. The maximum Gasteiger partial charge on any atom is 0.341 e. The zero-order valence-corrected chi connectivity index (χ0v) is 18.4. The van der Waals surface area contributed by atoms with Crippen LogP contribution >= 0.6 is 11.6 Å². The van der Waals surface area contributed by atoms with Crippen molar-refractivity contribution in [3.63, 3.8) is 0 Å². The molecule has 0 spiro atoms. The van der Waals surface area contributed by atoms with E-state index < -0.39 is 12.6 Å². The number of carbonyl (C=O) groups excluding carboxylic acids is 1. The molecule has 0 fully saturated rings. The van der Waals surface area contributed by atoms with Crippen molar-refractivity contribution < 1.29 is 24.2 Å². The first-order chi connectivity index (χ1) is 16.0. The Bertz CT molecular complexity index is 1200. The maximum atomic E-state index is 13.3. The van der Waals surface area contributed by atoms with E-state index in [2.05, 4.69) is 10.1 Å². The predicted molar refractivity (Wildman–Crippen MR) is 122 cm³/mol. The van der Waals surface area contributed by atoms with Gasteiger partial charge in [0.2, 0.25) is 0 Å². The van der Waals surface area contributed by atoms with Gasteiger partial charge in [0.25, 0.3) is 5.91 Å². The summed E-state index contributed by atoms with van der Waals surface area (Å²) in [6.45, 7) is -0.483. The smallest absolute Gasteiger partial charge is 0.341 e. The number of amides is 1. The molecule has 33 heavy (non-hydrogen) atoms. The number of rotatable bonds is 7. The van der Waals surface area contributed by atoms with Gasteiger partial charge < -0.3 is 14.6 Å². The summed E-state index contributed by atoms with van der Waals surface area (Å²) in [5.41, 5.74) is 2.79. The summed E-state index contributed by atoms with van der Waals surface area (Å²) >= 11 is 6.05. The van der Waals surface area contributed by atoms with Gasteiger partial charge in [-0.25, -0.2) is 9.80 Å². The molecule has 1 aliphatic heterocycles. The Kier molecular flexibility index (Phi) is 6.55. The molecule has 1 N–H and O–H groups in total. The zero-order chi connectivity index (χ0) is 23.4. The molecule has 2 heterocycles. The molecule has 4 rings (SSSR count). The number of carbonyl (C=O) groups is 2. The number of hydrogen-bond donors (Lipinski definition) is 1. The summed E-state index contributed by atoms with van der Waals surface area (Å²) in [5, 5.41) is 15.6. The van der Waals surface area contributed by atoms with E-state index in [1.165, 1.54) is 12.1 Å². The van der Waals surface area contributed by atoms with Gasteiger partial charge in [0, 0.05) is 35.0 Å². The molecular weight excluding hydrogens is 446 g/mol. The number of hydrazone groups is 1. The van der Waals surface area contributed by atoms with Crippen molar-refractivity contribution in [3.8, 4) is 11.5 Å². The molecule has 168 valence electrons. The van der Waals surface area contributed by atoms with E-state index in [1.807, 2.05) is 12.1 Å². The molecule has 1 aromatic heterocycles. The Morgan fingerprint density at radius 2 is 1.82 bits per heavy atom. The summed E-state index contributed by atoms with van der Waals surface area (Å²) in [6, 6.07) is 15.4. The zero-order valence-electron chi connectivity index (χ0n) is 17.6. The van der Waals surface area contributed by atoms with Gasteiger partial charge in [-0.2, -0.15) is 5.10 Å². The van der Waals surface area contributed by atoms with Crippen LogP contribution in [-0.4, -0.2) is 46.4 Å². The topological polar surface area (TPSA) is 101 Å². The second-order valence-corrected chi connectivity index (χ2v) is 7.69. The van der Waals surface area contributed by atoms with Gasteiger partial charge in [0.05, 0.1) is 18.9 Å². The van der Waals surface area contributed by atoms with Crippen LogP contribution in [0.3, 0.4) is 0 Å². The third kappa shape index (κ3) is 4.96. The number of hydrogen-bond acceptors (Lipinski definition) is 6. The Hall–Kier alpha value is -3.91. The highest BCUT2D eigenvalue weighted by Gasteiger charge is 2.34. The average Bonchev–Trinajstić information content (AvgIpc) is 3.28. The van der Waals surface area contributed by atoms with Crippen molar-refractivity contribution in [3.05, 3.63) is 88.7 Å². The molecule has 8 nitrogen and oxygen atoms in total. The molecule has 1 amide bonds.